The van der Waals surface area contributed by atoms with E-state index >= 15 is 0 Å². The average molecular weight is 365 g/mol. The standard InChI is InChI=1S/C10H14Br2Cl2/c1-9(3-4-13)6-10(2,14)8(12)5-7(9)11/h3-4,7-8H,5-6H2,1-2H3/b4-3+/t7-,8-,9-,10+/m0/s1. The molecular formula is C10H14Br2Cl2. The van der Waals surface area contributed by atoms with Crippen molar-refractivity contribution in [3.8, 4) is 0 Å². The van der Waals surface area contributed by atoms with Crippen LogP contribution in [0.1, 0.15) is 26.7 Å². The molecule has 1 fully saturated rings. The predicted molar refractivity (Wildman–Crippen MR) is 72.0 cm³/mol. The molecule has 1 saturated carbocycles. The summed E-state index contributed by atoms with van der Waals surface area (Å²) in [6, 6.07) is 0. The number of halogens is 4. The Morgan fingerprint density at radius 2 is 1.86 bits per heavy atom. The van der Waals surface area contributed by atoms with Crippen LogP contribution in [0.25, 0.3) is 0 Å². The zero-order valence-corrected chi connectivity index (χ0v) is 12.9. The van der Waals surface area contributed by atoms with Gasteiger partial charge in [-0.3, -0.25) is 0 Å². The maximum absolute atomic E-state index is 6.46. The normalized spacial score (nSPS) is 49.9. The summed E-state index contributed by atoms with van der Waals surface area (Å²) in [5.74, 6) is 0. The molecule has 0 heterocycles. The lowest BCUT2D eigenvalue weighted by Crippen LogP contribution is -2.46. The van der Waals surface area contributed by atoms with Gasteiger partial charge in [-0.1, -0.05) is 56.5 Å². The molecule has 0 N–H and O–H groups in total. The molecule has 1 rings (SSSR count). The topological polar surface area (TPSA) is 0 Å². The highest BCUT2D eigenvalue weighted by atomic mass is 79.9. The van der Waals surface area contributed by atoms with Crippen molar-refractivity contribution in [2.75, 3.05) is 0 Å². The summed E-state index contributed by atoms with van der Waals surface area (Å²) < 4.78 is 0. The molecule has 4 heteroatoms. The van der Waals surface area contributed by atoms with Crippen LogP contribution in [0, 0.1) is 5.41 Å². The first-order chi connectivity index (χ1) is 6.32. The summed E-state index contributed by atoms with van der Waals surface area (Å²) in [6.07, 6.45) is 3.96. The summed E-state index contributed by atoms with van der Waals surface area (Å²) in [4.78, 5) is 0.564. The fourth-order valence-corrected chi connectivity index (χ4v) is 4.36. The van der Waals surface area contributed by atoms with Gasteiger partial charge in [-0.05, 0) is 19.8 Å². The first kappa shape index (κ1) is 13.3. The SMILES string of the molecule is C[C@]1(/C=C/Cl)C[C@@](C)(Cl)[C@@H](Br)C[C@@H]1Br. The summed E-state index contributed by atoms with van der Waals surface area (Å²) in [5.41, 5.74) is 1.64. The van der Waals surface area contributed by atoms with Crippen molar-refractivity contribution >= 4 is 55.1 Å². The van der Waals surface area contributed by atoms with Gasteiger partial charge >= 0.3 is 0 Å². The van der Waals surface area contributed by atoms with Gasteiger partial charge in [-0.15, -0.1) is 11.6 Å². The minimum Gasteiger partial charge on any atom is -0.118 e. The van der Waals surface area contributed by atoms with Gasteiger partial charge in [-0.2, -0.15) is 0 Å². The van der Waals surface area contributed by atoms with Crippen molar-refractivity contribution in [2.24, 2.45) is 5.41 Å². The zero-order valence-electron chi connectivity index (χ0n) is 8.24. The molecular weight excluding hydrogens is 351 g/mol. The highest BCUT2D eigenvalue weighted by Crippen LogP contribution is 2.51. The van der Waals surface area contributed by atoms with Crippen LogP contribution in [-0.2, 0) is 0 Å². The lowest BCUT2D eigenvalue weighted by atomic mass is 9.71. The Kier molecular flexibility index (Phi) is 4.43. The molecule has 14 heavy (non-hydrogen) atoms. The molecule has 0 aliphatic heterocycles. The third kappa shape index (κ3) is 2.69. The van der Waals surface area contributed by atoms with E-state index < -0.39 is 0 Å². The third-order valence-electron chi connectivity index (χ3n) is 2.95. The lowest BCUT2D eigenvalue weighted by molar-refractivity contribution is 0.265. The molecule has 0 radical (unpaired) electrons. The molecule has 0 aromatic heterocycles. The lowest BCUT2D eigenvalue weighted by Gasteiger charge is -2.46. The third-order valence-corrected chi connectivity index (χ3v) is 6.54. The number of hydrogen-bond acceptors (Lipinski definition) is 0. The average Bonchev–Trinajstić information content (AvgIpc) is 2.01. The predicted octanol–water partition coefficient (Wildman–Crippen LogP) is 5.06. The van der Waals surface area contributed by atoms with E-state index in [1.807, 2.05) is 6.08 Å². The number of hydrogen-bond donors (Lipinski definition) is 0. The quantitative estimate of drug-likeness (QED) is 0.570. The first-order valence-corrected chi connectivity index (χ1v) is 7.21. The molecule has 0 saturated heterocycles. The van der Waals surface area contributed by atoms with Crippen molar-refractivity contribution in [2.45, 2.75) is 41.2 Å². The zero-order chi connectivity index (χ0) is 11.0. The van der Waals surface area contributed by atoms with Gasteiger partial charge in [0.1, 0.15) is 0 Å². The Labute approximate surface area is 113 Å². The number of alkyl halides is 3. The molecule has 0 bridgehead atoms. The summed E-state index contributed by atoms with van der Waals surface area (Å²) in [7, 11) is 0. The van der Waals surface area contributed by atoms with Crippen molar-refractivity contribution in [3.05, 3.63) is 11.6 Å². The van der Waals surface area contributed by atoms with Gasteiger partial charge in [0.25, 0.3) is 0 Å². The molecule has 1 aliphatic carbocycles. The van der Waals surface area contributed by atoms with Crippen LogP contribution in [0.15, 0.2) is 11.6 Å². The van der Waals surface area contributed by atoms with E-state index in [0.717, 1.165) is 12.8 Å². The van der Waals surface area contributed by atoms with Crippen molar-refractivity contribution < 1.29 is 0 Å². The van der Waals surface area contributed by atoms with E-state index in [1.165, 1.54) is 0 Å². The van der Waals surface area contributed by atoms with E-state index in [-0.39, 0.29) is 10.3 Å². The molecule has 0 aromatic carbocycles. The Balaban J connectivity index is 2.89. The Morgan fingerprint density at radius 1 is 1.29 bits per heavy atom. The van der Waals surface area contributed by atoms with Crippen LogP contribution in [0.5, 0.6) is 0 Å². The van der Waals surface area contributed by atoms with Gasteiger partial charge in [0.2, 0.25) is 0 Å². The molecule has 0 aromatic rings. The molecule has 1 aliphatic rings. The molecule has 0 unspecified atom stereocenters. The maximum atomic E-state index is 6.46. The van der Waals surface area contributed by atoms with E-state index in [2.05, 4.69) is 45.7 Å². The van der Waals surface area contributed by atoms with Gasteiger partial charge < -0.3 is 0 Å². The molecule has 4 atom stereocenters. The fraction of sp³-hybridized carbons (Fsp3) is 0.800. The van der Waals surface area contributed by atoms with E-state index in [9.17, 15) is 0 Å². The van der Waals surface area contributed by atoms with Crippen LogP contribution in [0.4, 0.5) is 0 Å². The van der Waals surface area contributed by atoms with Gasteiger partial charge in [0, 0.05) is 20.6 Å². The summed E-state index contributed by atoms with van der Waals surface area (Å²) in [6.45, 7) is 4.26. The molecule has 0 amide bonds. The Morgan fingerprint density at radius 3 is 2.36 bits per heavy atom. The molecule has 82 valence electrons. The van der Waals surface area contributed by atoms with Crippen LogP contribution in [-0.4, -0.2) is 14.5 Å². The van der Waals surface area contributed by atoms with Crippen LogP contribution < -0.4 is 0 Å². The molecule has 0 nitrogen and oxygen atoms in total. The number of rotatable bonds is 1. The fourth-order valence-electron chi connectivity index (χ4n) is 1.97. The van der Waals surface area contributed by atoms with Crippen LogP contribution >= 0.6 is 55.1 Å². The highest BCUT2D eigenvalue weighted by molar-refractivity contribution is 9.10. The van der Waals surface area contributed by atoms with Gasteiger partial charge in [0.05, 0.1) is 4.87 Å². The van der Waals surface area contributed by atoms with Crippen molar-refractivity contribution in [3.63, 3.8) is 0 Å². The van der Waals surface area contributed by atoms with E-state index in [1.54, 1.807) is 5.54 Å². The number of allylic oxidation sites excluding steroid dienone is 1. The van der Waals surface area contributed by atoms with Gasteiger partial charge in [0.15, 0.2) is 0 Å². The summed E-state index contributed by atoms with van der Waals surface area (Å²) >= 11 is 19.5. The Bertz CT molecular complexity index is 240. The van der Waals surface area contributed by atoms with Crippen molar-refractivity contribution in [1.29, 1.82) is 0 Å². The summed E-state index contributed by atoms with van der Waals surface area (Å²) in [5, 5.41) is 0. The van der Waals surface area contributed by atoms with Crippen LogP contribution in [0.2, 0.25) is 0 Å². The maximum Gasteiger partial charge on any atom is 0.0552 e. The minimum atomic E-state index is -0.199. The van der Waals surface area contributed by atoms with E-state index in [4.69, 9.17) is 23.2 Å². The van der Waals surface area contributed by atoms with E-state index in [0.29, 0.717) is 9.65 Å². The monoisotopic (exact) mass is 362 g/mol. The highest BCUT2D eigenvalue weighted by Gasteiger charge is 2.47. The first-order valence-electron chi connectivity index (χ1n) is 4.57. The second-order valence-corrected chi connectivity index (χ2v) is 7.75. The Hall–Kier alpha value is 1.28. The second-order valence-electron chi connectivity index (χ2n) is 4.42. The minimum absolute atomic E-state index is 0.0442. The van der Waals surface area contributed by atoms with Gasteiger partial charge in [-0.25, -0.2) is 0 Å². The van der Waals surface area contributed by atoms with Crippen LogP contribution in [0.3, 0.4) is 0 Å². The van der Waals surface area contributed by atoms with Crippen molar-refractivity contribution in [1.82, 2.24) is 0 Å². The smallest absolute Gasteiger partial charge is 0.0552 e. The second kappa shape index (κ2) is 4.65. The molecule has 0 spiro atoms. The largest absolute Gasteiger partial charge is 0.118 e.